The quantitative estimate of drug-likeness (QED) is 0.717. The highest BCUT2D eigenvalue weighted by Gasteiger charge is 2.22. The number of hydrogen-bond acceptors (Lipinski definition) is 4. The minimum atomic E-state index is -0.400. The van der Waals surface area contributed by atoms with Crippen molar-refractivity contribution in [2.75, 3.05) is 6.54 Å². The average molecular weight is 345 g/mol. The Morgan fingerprint density at radius 2 is 1.96 bits per heavy atom. The van der Waals surface area contributed by atoms with Gasteiger partial charge in [-0.1, -0.05) is 44.2 Å². The highest BCUT2D eigenvalue weighted by atomic mass is 16.4. The van der Waals surface area contributed by atoms with Crippen LogP contribution in [0.1, 0.15) is 46.0 Å². The van der Waals surface area contributed by atoms with Gasteiger partial charge >= 0.3 is 6.03 Å². The Bertz CT molecular complexity index is 680. The zero-order valence-electron chi connectivity index (χ0n) is 15.2. The number of nitrogens with one attached hydrogen (secondary N) is 2. The summed E-state index contributed by atoms with van der Waals surface area (Å²) in [7, 11) is 0. The normalized spacial score (nSPS) is 14.0. The van der Waals surface area contributed by atoms with E-state index in [2.05, 4.69) is 15.6 Å². The number of benzene rings is 1. The second-order valence-electron chi connectivity index (χ2n) is 7.19. The maximum Gasteiger partial charge on any atom is 0.315 e. The molecule has 2 rings (SSSR count). The molecule has 2 amide bonds. The summed E-state index contributed by atoms with van der Waals surface area (Å²) in [5.74, 6) is 1.12. The molecule has 0 aliphatic carbocycles. The molecule has 25 heavy (non-hydrogen) atoms. The lowest BCUT2D eigenvalue weighted by atomic mass is 9.87. The summed E-state index contributed by atoms with van der Waals surface area (Å²) < 4.78 is 5.74. The largest absolute Gasteiger partial charge is 0.438 e. The van der Waals surface area contributed by atoms with Gasteiger partial charge in [-0.25, -0.2) is 9.78 Å². The number of aromatic nitrogens is 1. The monoisotopic (exact) mass is 345 g/mol. The van der Waals surface area contributed by atoms with E-state index in [-0.39, 0.29) is 17.5 Å². The number of nitrogens with zero attached hydrogens (tertiary/aromatic N) is 1. The lowest BCUT2D eigenvalue weighted by Gasteiger charge is -2.26. The Kier molecular flexibility index (Phi) is 6.20. The summed E-state index contributed by atoms with van der Waals surface area (Å²) in [4.78, 5) is 16.3. The van der Waals surface area contributed by atoms with Gasteiger partial charge in [-0.2, -0.15) is 0 Å². The van der Waals surface area contributed by atoms with Crippen molar-refractivity contribution in [1.82, 2.24) is 15.6 Å². The standard InChI is InChI=1S/C19H27N3O3/c1-13(23)10-19(3,4)12-21-18(24)22-14(2)17-20-11-16(25-17)15-8-6-5-7-9-15/h5-9,11,13-14,23H,10,12H2,1-4H3,(H2,21,22,24). The van der Waals surface area contributed by atoms with E-state index in [1.165, 1.54) is 0 Å². The number of urea groups is 1. The maximum atomic E-state index is 12.1. The van der Waals surface area contributed by atoms with Gasteiger partial charge in [-0.15, -0.1) is 0 Å². The topological polar surface area (TPSA) is 87.4 Å². The molecule has 1 aromatic carbocycles. The van der Waals surface area contributed by atoms with Crippen LogP contribution in [0, 0.1) is 5.41 Å². The van der Waals surface area contributed by atoms with E-state index in [1.807, 2.05) is 51.1 Å². The zero-order valence-corrected chi connectivity index (χ0v) is 15.2. The molecular formula is C19H27N3O3. The first-order valence-electron chi connectivity index (χ1n) is 8.50. The molecule has 1 aromatic heterocycles. The molecule has 0 aliphatic rings. The second-order valence-corrected chi connectivity index (χ2v) is 7.19. The molecule has 0 saturated heterocycles. The van der Waals surface area contributed by atoms with Crippen molar-refractivity contribution in [3.8, 4) is 11.3 Å². The first-order chi connectivity index (χ1) is 11.8. The van der Waals surface area contributed by atoms with Crippen LogP contribution in [0.3, 0.4) is 0 Å². The molecule has 0 fully saturated rings. The third kappa shape index (κ3) is 5.90. The van der Waals surface area contributed by atoms with Crippen LogP contribution in [0.15, 0.2) is 40.9 Å². The number of aliphatic hydroxyl groups excluding tert-OH is 1. The van der Waals surface area contributed by atoms with E-state index in [0.29, 0.717) is 24.6 Å². The molecule has 0 aliphatic heterocycles. The molecule has 0 radical (unpaired) electrons. The van der Waals surface area contributed by atoms with E-state index in [4.69, 9.17) is 4.42 Å². The average Bonchev–Trinajstić information content (AvgIpc) is 3.03. The molecular weight excluding hydrogens is 318 g/mol. The molecule has 136 valence electrons. The minimum absolute atomic E-state index is 0.182. The van der Waals surface area contributed by atoms with Crippen molar-refractivity contribution < 1.29 is 14.3 Å². The molecule has 1 heterocycles. The van der Waals surface area contributed by atoms with Crippen LogP contribution in [0.5, 0.6) is 0 Å². The van der Waals surface area contributed by atoms with Crippen LogP contribution in [0.25, 0.3) is 11.3 Å². The van der Waals surface area contributed by atoms with Gasteiger partial charge < -0.3 is 20.2 Å². The number of aliphatic hydroxyl groups is 1. The maximum absolute atomic E-state index is 12.1. The third-order valence-corrected chi connectivity index (χ3v) is 3.88. The highest BCUT2D eigenvalue weighted by molar-refractivity contribution is 5.74. The smallest absolute Gasteiger partial charge is 0.315 e. The summed E-state index contributed by atoms with van der Waals surface area (Å²) in [5, 5.41) is 15.1. The van der Waals surface area contributed by atoms with E-state index in [0.717, 1.165) is 5.56 Å². The Morgan fingerprint density at radius 1 is 1.28 bits per heavy atom. The van der Waals surface area contributed by atoms with Gasteiger partial charge in [-0.3, -0.25) is 0 Å². The molecule has 0 spiro atoms. The van der Waals surface area contributed by atoms with Gasteiger partial charge in [0.15, 0.2) is 5.76 Å². The first kappa shape index (κ1) is 19.0. The molecule has 3 N–H and O–H groups in total. The summed E-state index contributed by atoms with van der Waals surface area (Å²) in [6.07, 6.45) is 1.87. The number of carbonyl (C=O) groups excluding carboxylic acids is 1. The summed E-state index contributed by atoms with van der Waals surface area (Å²) in [6.45, 7) is 8.04. The van der Waals surface area contributed by atoms with Crippen molar-refractivity contribution in [1.29, 1.82) is 0 Å². The Balaban J connectivity index is 1.88. The van der Waals surface area contributed by atoms with Crippen LogP contribution in [-0.4, -0.2) is 28.8 Å². The van der Waals surface area contributed by atoms with E-state index in [9.17, 15) is 9.90 Å². The Labute approximate surface area is 148 Å². The van der Waals surface area contributed by atoms with Crippen LogP contribution >= 0.6 is 0 Å². The van der Waals surface area contributed by atoms with Gasteiger partial charge in [0.25, 0.3) is 0 Å². The predicted octanol–water partition coefficient (Wildman–Crippen LogP) is 3.50. The van der Waals surface area contributed by atoms with Gasteiger partial charge in [-0.05, 0) is 25.7 Å². The molecule has 6 heteroatoms. The fourth-order valence-electron chi connectivity index (χ4n) is 2.72. The summed E-state index contributed by atoms with van der Waals surface area (Å²) in [6, 6.07) is 9.05. The van der Waals surface area contributed by atoms with Crippen molar-refractivity contribution in [2.45, 2.75) is 46.3 Å². The zero-order chi connectivity index (χ0) is 18.4. The molecule has 6 nitrogen and oxygen atoms in total. The van der Waals surface area contributed by atoms with Gasteiger partial charge in [0.05, 0.1) is 12.3 Å². The van der Waals surface area contributed by atoms with Crippen LogP contribution in [0.2, 0.25) is 0 Å². The number of rotatable bonds is 7. The fourth-order valence-corrected chi connectivity index (χ4v) is 2.72. The SMILES string of the molecule is CC(O)CC(C)(C)CNC(=O)NC(C)c1ncc(-c2ccccc2)o1. The van der Waals surface area contributed by atoms with Crippen molar-refractivity contribution >= 4 is 6.03 Å². The highest BCUT2D eigenvalue weighted by Crippen LogP contribution is 2.23. The predicted molar refractivity (Wildman–Crippen MR) is 97.0 cm³/mol. The lowest BCUT2D eigenvalue weighted by Crippen LogP contribution is -2.42. The number of amides is 2. The van der Waals surface area contributed by atoms with Gasteiger partial charge in [0, 0.05) is 12.1 Å². The van der Waals surface area contributed by atoms with E-state index in [1.54, 1.807) is 13.1 Å². The molecule has 2 unspecified atom stereocenters. The Morgan fingerprint density at radius 3 is 2.60 bits per heavy atom. The minimum Gasteiger partial charge on any atom is -0.438 e. The van der Waals surface area contributed by atoms with Crippen molar-refractivity contribution in [3.63, 3.8) is 0 Å². The van der Waals surface area contributed by atoms with E-state index < -0.39 is 6.10 Å². The number of carbonyl (C=O) groups is 1. The molecule has 2 aromatic rings. The van der Waals surface area contributed by atoms with Crippen LogP contribution in [-0.2, 0) is 0 Å². The van der Waals surface area contributed by atoms with Crippen LogP contribution < -0.4 is 10.6 Å². The number of hydrogen-bond donors (Lipinski definition) is 3. The van der Waals surface area contributed by atoms with Crippen molar-refractivity contribution in [3.05, 3.63) is 42.4 Å². The fraction of sp³-hybridized carbons (Fsp3) is 0.474. The molecule has 2 atom stereocenters. The number of oxazole rings is 1. The summed E-state index contributed by atoms with van der Waals surface area (Å²) >= 11 is 0. The second kappa shape index (κ2) is 8.16. The van der Waals surface area contributed by atoms with Crippen LogP contribution in [0.4, 0.5) is 4.79 Å². The molecule has 0 saturated carbocycles. The summed E-state index contributed by atoms with van der Waals surface area (Å²) in [5.41, 5.74) is 0.760. The Hall–Kier alpha value is -2.34. The van der Waals surface area contributed by atoms with Gasteiger partial charge in [0.1, 0.15) is 6.04 Å². The van der Waals surface area contributed by atoms with E-state index >= 15 is 0 Å². The lowest BCUT2D eigenvalue weighted by molar-refractivity contribution is 0.128. The first-order valence-corrected chi connectivity index (χ1v) is 8.50. The molecule has 0 bridgehead atoms. The third-order valence-electron chi connectivity index (χ3n) is 3.88. The van der Waals surface area contributed by atoms with Gasteiger partial charge in [0.2, 0.25) is 5.89 Å². The van der Waals surface area contributed by atoms with Crippen molar-refractivity contribution in [2.24, 2.45) is 5.41 Å².